The molecule has 6 nitrogen and oxygen atoms in total. The summed E-state index contributed by atoms with van der Waals surface area (Å²) in [4.78, 5) is 22.2. The first-order valence-corrected chi connectivity index (χ1v) is 10.5. The van der Waals surface area contributed by atoms with Gasteiger partial charge in [0, 0.05) is 54.1 Å². The van der Waals surface area contributed by atoms with Crippen LogP contribution in [-0.4, -0.2) is 25.8 Å². The van der Waals surface area contributed by atoms with Gasteiger partial charge in [0.25, 0.3) is 0 Å². The van der Waals surface area contributed by atoms with Crippen LogP contribution in [0.15, 0.2) is 41.8 Å². The van der Waals surface area contributed by atoms with E-state index in [0.717, 1.165) is 55.7 Å². The van der Waals surface area contributed by atoms with Gasteiger partial charge in [-0.1, -0.05) is 29.8 Å². The third-order valence-corrected chi connectivity index (χ3v) is 6.61. The highest BCUT2D eigenvalue weighted by molar-refractivity contribution is 6.14. The van der Waals surface area contributed by atoms with E-state index in [2.05, 4.69) is 50.6 Å². The van der Waals surface area contributed by atoms with Gasteiger partial charge in [-0.2, -0.15) is 0 Å². The number of nitrogens with zero attached hydrogens (tertiary/aromatic N) is 4. The number of imidazole rings is 1. The number of aromatic nitrogens is 3. The summed E-state index contributed by atoms with van der Waals surface area (Å²) in [5.41, 5.74) is 4.49. The lowest BCUT2D eigenvalue weighted by Gasteiger charge is -2.26. The Morgan fingerprint density at radius 1 is 1.28 bits per heavy atom. The van der Waals surface area contributed by atoms with Crippen molar-refractivity contribution in [1.82, 2.24) is 14.1 Å². The maximum atomic E-state index is 12.4. The third-order valence-electron chi connectivity index (χ3n) is 6.61. The summed E-state index contributed by atoms with van der Waals surface area (Å²) in [7, 11) is 2.11. The van der Waals surface area contributed by atoms with E-state index in [4.69, 9.17) is 4.84 Å². The first kappa shape index (κ1) is 18.2. The van der Waals surface area contributed by atoms with Gasteiger partial charge < -0.3 is 14.0 Å². The molecule has 0 amide bonds. The number of oxime groups is 1. The number of para-hydroxylation sites is 1. The Kier molecular flexibility index (Phi) is 4.49. The molecule has 2 aliphatic rings. The summed E-state index contributed by atoms with van der Waals surface area (Å²) in [5.74, 6) is 0.993. The highest BCUT2D eigenvalue weighted by atomic mass is 16.7. The van der Waals surface area contributed by atoms with Gasteiger partial charge in [0.05, 0.1) is 11.6 Å². The molecule has 2 aromatic heterocycles. The molecule has 0 spiro atoms. The second kappa shape index (κ2) is 7.17. The second-order valence-electron chi connectivity index (χ2n) is 8.27. The van der Waals surface area contributed by atoms with Crippen molar-refractivity contribution in [2.24, 2.45) is 24.0 Å². The molecule has 0 bridgehead atoms. The van der Waals surface area contributed by atoms with Crippen molar-refractivity contribution in [3.63, 3.8) is 0 Å². The summed E-state index contributed by atoms with van der Waals surface area (Å²) in [6, 6.07) is 8.40. The normalized spacial score (nSPS) is 20.6. The summed E-state index contributed by atoms with van der Waals surface area (Å²) >= 11 is 0. The predicted octanol–water partition coefficient (Wildman–Crippen LogP) is 3.99. The molecule has 0 radical (unpaired) electrons. The molecule has 0 aliphatic heterocycles. The van der Waals surface area contributed by atoms with E-state index in [1.165, 1.54) is 16.6 Å². The van der Waals surface area contributed by atoms with Gasteiger partial charge in [0.2, 0.25) is 0 Å². The van der Waals surface area contributed by atoms with Crippen LogP contribution in [0.5, 0.6) is 0 Å². The zero-order valence-electron chi connectivity index (χ0n) is 17.0. The Morgan fingerprint density at radius 2 is 2.10 bits per heavy atom. The van der Waals surface area contributed by atoms with E-state index in [1.54, 1.807) is 0 Å². The molecule has 29 heavy (non-hydrogen) atoms. The van der Waals surface area contributed by atoms with Gasteiger partial charge in [0.15, 0.2) is 0 Å². The van der Waals surface area contributed by atoms with Crippen molar-refractivity contribution in [1.29, 1.82) is 0 Å². The topological polar surface area (TPSA) is 61.4 Å². The zero-order chi connectivity index (χ0) is 20.0. The third kappa shape index (κ3) is 3.07. The molecule has 6 heteroatoms. The number of carbonyl (C=O) groups excluding carboxylic acids is 1. The van der Waals surface area contributed by atoms with Gasteiger partial charge in [-0.05, 0) is 38.7 Å². The highest BCUT2D eigenvalue weighted by Crippen LogP contribution is 2.35. The smallest absolute Gasteiger partial charge is 0.338 e. The first-order chi connectivity index (χ1) is 14.1. The molecule has 2 heterocycles. The maximum Gasteiger partial charge on any atom is 0.338 e. The molecule has 0 N–H and O–H groups in total. The van der Waals surface area contributed by atoms with E-state index in [0.29, 0.717) is 0 Å². The first-order valence-electron chi connectivity index (χ1n) is 10.5. The Labute approximate surface area is 170 Å². The van der Waals surface area contributed by atoms with Crippen molar-refractivity contribution < 1.29 is 9.63 Å². The number of aryl methyl sites for hydroxylation is 2. The van der Waals surface area contributed by atoms with Crippen molar-refractivity contribution in [3.05, 3.63) is 53.7 Å². The fourth-order valence-corrected chi connectivity index (χ4v) is 4.62. The largest absolute Gasteiger partial charge is 0.347 e. The summed E-state index contributed by atoms with van der Waals surface area (Å²) < 4.78 is 4.41. The molecule has 0 saturated heterocycles. The van der Waals surface area contributed by atoms with E-state index >= 15 is 0 Å². The fraction of sp³-hybridized carbons (Fsp3) is 0.435. The molecule has 1 unspecified atom stereocenters. The van der Waals surface area contributed by atoms with Crippen LogP contribution < -0.4 is 0 Å². The average Bonchev–Trinajstić information content (AvgIpc) is 3.21. The molecule has 1 aromatic carbocycles. The predicted molar refractivity (Wildman–Crippen MR) is 112 cm³/mol. The molecule has 3 aromatic rings. The molecule has 1 fully saturated rings. The lowest BCUT2D eigenvalue weighted by atomic mass is 9.84. The molecule has 2 aliphatic carbocycles. The van der Waals surface area contributed by atoms with Crippen molar-refractivity contribution in [2.75, 3.05) is 0 Å². The molecule has 1 saturated carbocycles. The molecular weight excluding hydrogens is 364 g/mol. The number of benzene rings is 1. The minimum atomic E-state index is -0.186. The lowest BCUT2D eigenvalue weighted by molar-refractivity contribution is -0.151. The highest BCUT2D eigenvalue weighted by Gasteiger charge is 2.33. The van der Waals surface area contributed by atoms with E-state index in [9.17, 15) is 4.79 Å². The minimum Gasteiger partial charge on any atom is -0.347 e. The van der Waals surface area contributed by atoms with Crippen LogP contribution in [0, 0.1) is 18.8 Å². The van der Waals surface area contributed by atoms with Gasteiger partial charge in [0.1, 0.15) is 5.82 Å². The summed E-state index contributed by atoms with van der Waals surface area (Å²) in [6.07, 6.45) is 8.72. The van der Waals surface area contributed by atoms with Crippen LogP contribution in [0.2, 0.25) is 0 Å². The van der Waals surface area contributed by atoms with Crippen molar-refractivity contribution in [3.8, 4) is 0 Å². The fourth-order valence-electron chi connectivity index (χ4n) is 4.62. The summed E-state index contributed by atoms with van der Waals surface area (Å²) in [6.45, 7) is 2.80. The Bertz CT molecular complexity index is 1100. The van der Waals surface area contributed by atoms with Crippen molar-refractivity contribution in [2.45, 2.75) is 45.6 Å². The average molecular weight is 390 g/mol. The van der Waals surface area contributed by atoms with Crippen LogP contribution >= 0.6 is 0 Å². The maximum absolute atomic E-state index is 12.4. The number of fused-ring (bicyclic) bond motifs is 3. The van der Waals surface area contributed by atoms with E-state index in [-0.39, 0.29) is 17.8 Å². The number of hydrogen-bond acceptors (Lipinski definition) is 4. The molecule has 5 rings (SSSR count). The summed E-state index contributed by atoms with van der Waals surface area (Å²) in [5, 5.41) is 5.68. The Morgan fingerprint density at radius 3 is 2.83 bits per heavy atom. The van der Waals surface area contributed by atoms with Gasteiger partial charge in [-0.15, -0.1) is 0 Å². The van der Waals surface area contributed by atoms with Crippen LogP contribution in [0.4, 0.5) is 0 Å². The number of hydrogen-bond donors (Lipinski definition) is 0. The molecule has 150 valence electrons. The minimum absolute atomic E-state index is 0.0178. The molecular formula is C23H26N4O2. The Balaban J connectivity index is 1.57. The van der Waals surface area contributed by atoms with Crippen LogP contribution in [-0.2, 0) is 29.6 Å². The van der Waals surface area contributed by atoms with Crippen LogP contribution in [0.25, 0.3) is 10.9 Å². The second-order valence-corrected chi connectivity index (χ2v) is 8.27. The lowest BCUT2D eigenvalue weighted by Crippen LogP contribution is -2.29. The van der Waals surface area contributed by atoms with Crippen molar-refractivity contribution >= 4 is 22.6 Å². The van der Waals surface area contributed by atoms with Gasteiger partial charge >= 0.3 is 5.97 Å². The van der Waals surface area contributed by atoms with E-state index < -0.39 is 0 Å². The zero-order valence-corrected chi connectivity index (χ0v) is 17.0. The quantitative estimate of drug-likeness (QED) is 0.500. The van der Waals surface area contributed by atoms with Gasteiger partial charge in [-0.25, -0.2) is 9.78 Å². The van der Waals surface area contributed by atoms with Crippen LogP contribution in [0.3, 0.4) is 0 Å². The SMILES string of the molecule is Cc1nccn1CC1CCc2c(c3ccccc3n2C)/C1=N/OC(=O)C1CCC1. The van der Waals surface area contributed by atoms with Gasteiger partial charge in [-0.3, -0.25) is 0 Å². The molecule has 1 atom stereocenters. The standard InChI is InChI=1S/C23H26N4O2/c1-15-24-12-13-27(15)14-17-10-11-20-21(18-8-3-4-9-19(18)26(20)2)22(17)25-29-23(28)16-6-5-7-16/h3-4,8-9,12-13,16-17H,5-7,10-11,14H2,1-2H3/b25-22+. The van der Waals surface area contributed by atoms with Crippen LogP contribution in [0.1, 0.15) is 42.8 Å². The van der Waals surface area contributed by atoms with E-state index in [1.807, 2.05) is 19.3 Å². The Hall–Kier alpha value is -2.89. The number of rotatable bonds is 4. The monoisotopic (exact) mass is 390 g/mol. The number of carbonyl (C=O) groups is 1.